The van der Waals surface area contributed by atoms with E-state index < -0.39 is 0 Å². The lowest BCUT2D eigenvalue weighted by Gasteiger charge is -2.24. The van der Waals surface area contributed by atoms with Gasteiger partial charge in [-0.3, -0.25) is 4.79 Å². The van der Waals surface area contributed by atoms with E-state index in [0.717, 1.165) is 19.4 Å². The first-order valence-corrected chi connectivity index (χ1v) is 6.91. The van der Waals surface area contributed by atoms with Gasteiger partial charge >= 0.3 is 0 Å². The lowest BCUT2D eigenvalue weighted by atomic mass is 10.2. The summed E-state index contributed by atoms with van der Waals surface area (Å²) >= 11 is 5.61. The van der Waals surface area contributed by atoms with Crippen LogP contribution >= 0.6 is 11.6 Å². The summed E-state index contributed by atoms with van der Waals surface area (Å²) < 4.78 is 11.0. The number of methoxy groups -OCH3 is 1. The number of alkyl halides is 1. The van der Waals surface area contributed by atoms with Crippen LogP contribution in [0.1, 0.15) is 12.8 Å². The Kier molecular flexibility index (Phi) is 4.91. The average molecular weight is 284 g/mol. The van der Waals surface area contributed by atoms with Crippen LogP contribution in [0.2, 0.25) is 0 Å². The number of amides is 1. The molecule has 0 bridgehead atoms. The molecule has 0 aliphatic carbocycles. The Morgan fingerprint density at radius 1 is 1.42 bits per heavy atom. The van der Waals surface area contributed by atoms with E-state index in [9.17, 15) is 4.79 Å². The number of halogens is 1. The van der Waals surface area contributed by atoms with Crippen LogP contribution in [0.3, 0.4) is 0 Å². The summed E-state index contributed by atoms with van der Waals surface area (Å²) in [4.78, 5) is 13.5. The fraction of sp³-hybridized carbons (Fsp3) is 0.500. The van der Waals surface area contributed by atoms with E-state index in [-0.39, 0.29) is 17.8 Å². The molecule has 0 saturated carbocycles. The number of hydrogen-bond donors (Lipinski definition) is 0. The lowest BCUT2D eigenvalue weighted by Crippen LogP contribution is -2.39. The maximum atomic E-state index is 11.7. The van der Waals surface area contributed by atoms with Gasteiger partial charge in [0.1, 0.15) is 12.5 Å². The summed E-state index contributed by atoms with van der Waals surface area (Å²) in [6.07, 6.45) is 1.96. The Balaban J connectivity index is 1.96. The van der Waals surface area contributed by atoms with Crippen LogP contribution in [0.25, 0.3) is 0 Å². The van der Waals surface area contributed by atoms with E-state index >= 15 is 0 Å². The molecule has 1 atom stereocenters. The van der Waals surface area contributed by atoms with Gasteiger partial charge in [-0.2, -0.15) is 0 Å². The monoisotopic (exact) mass is 283 g/mol. The highest BCUT2D eigenvalue weighted by Gasteiger charge is 2.28. The minimum absolute atomic E-state index is 0.0206. The van der Waals surface area contributed by atoms with Gasteiger partial charge in [-0.05, 0) is 25.0 Å². The molecule has 1 aromatic carbocycles. The number of para-hydroxylation sites is 2. The third-order valence-electron chi connectivity index (χ3n) is 3.31. The molecule has 2 rings (SSSR count). The second kappa shape index (κ2) is 6.66. The van der Waals surface area contributed by atoms with E-state index in [1.165, 1.54) is 0 Å². The summed E-state index contributed by atoms with van der Waals surface area (Å²) in [5, 5.41) is 0. The van der Waals surface area contributed by atoms with Crippen molar-refractivity contribution in [3.8, 4) is 11.5 Å². The van der Waals surface area contributed by atoms with Crippen LogP contribution < -0.4 is 9.47 Å². The molecule has 19 heavy (non-hydrogen) atoms. The molecule has 5 heteroatoms. The predicted octanol–water partition coefficient (Wildman–Crippen LogP) is 2.30. The minimum atomic E-state index is -0.0206. The van der Waals surface area contributed by atoms with Gasteiger partial charge in [-0.15, -0.1) is 11.6 Å². The van der Waals surface area contributed by atoms with Crippen molar-refractivity contribution in [2.24, 2.45) is 0 Å². The topological polar surface area (TPSA) is 38.8 Å². The Morgan fingerprint density at radius 3 is 2.84 bits per heavy atom. The quantitative estimate of drug-likeness (QED) is 0.779. The first kappa shape index (κ1) is 14.0. The van der Waals surface area contributed by atoms with Crippen molar-refractivity contribution in [2.75, 3.05) is 26.1 Å². The van der Waals surface area contributed by atoms with Gasteiger partial charge in [0.05, 0.1) is 13.2 Å². The van der Waals surface area contributed by atoms with E-state index in [1.807, 2.05) is 29.2 Å². The van der Waals surface area contributed by atoms with Crippen molar-refractivity contribution in [3.63, 3.8) is 0 Å². The maximum Gasteiger partial charge on any atom is 0.237 e. The smallest absolute Gasteiger partial charge is 0.237 e. The van der Waals surface area contributed by atoms with Crippen molar-refractivity contribution in [1.82, 2.24) is 4.90 Å². The second-order valence-corrected chi connectivity index (χ2v) is 4.75. The van der Waals surface area contributed by atoms with Crippen LogP contribution in [0.15, 0.2) is 24.3 Å². The number of likely N-dealkylation sites (tertiary alicyclic amines) is 1. The number of ether oxygens (including phenoxy) is 2. The fourth-order valence-electron chi connectivity index (χ4n) is 2.34. The molecular formula is C14H18ClNO3. The molecule has 0 spiro atoms. The highest BCUT2D eigenvalue weighted by molar-refractivity contribution is 6.27. The molecule has 1 aromatic rings. The Labute approximate surface area is 118 Å². The minimum Gasteiger partial charge on any atom is -0.493 e. The molecule has 0 radical (unpaired) electrons. The van der Waals surface area contributed by atoms with Crippen molar-refractivity contribution in [3.05, 3.63) is 24.3 Å². The van der Waals surface area contributed by atoms with Crippen molar-refractivity contribution in [2.45, 2.75) is 18.9 Å². The van der Waals surface area contributed by atoms with Crippen LogP contribution in [-0.4, -0.2) is 43.0 Å². The summed E-state index contributed by atoms with van der Waals surface area (Å²) in [5.41, 5.74) is 0. The molecule has 1 saturated heterocycles. The number of carbonyl (C=O) groups is 1. The summed E-state index contributed by atoms with van der Waals surface area (Å²) in [6, 6.07) is 7.61. The molecule has 0 unspecified atom stereocenters. The Bertz CT molecular complexity index is 438. The van der Waals surface area contributed by atoms with E-state index in [1.54, 1.807) is 7.11 Å². The van der Waals surface area contributed by atoms with Gasteiger partial charge in [0.15, 0.2) is 11.5 Å². The van der Waals surface area contributed by atoms with Crippen molar-refractivity contribution < 1.29 is 14.3 Å². The summed E-state index contributed by atoms with van der Waals surface area (Å²) in [6.45, 7) is 1.24. The first-order valence-electron chi connectivity index (χ1n) is 6.37. The Hall–Kier alpha value is -1.42. The predicted molar refractivity (Wildman–Crippen MR) is 73.9 cm³/mol. The molecule has 0 aromatic heterocycles. The average Bonchev–Trinajstić information content (AvgIpc) is 2.93. The molecule has 1 aliphatic rings. The number of hydrogen-bond acceptors (Lipinski definition) is 3. The van der Waals surface area contributed by atoms with Crippen molar-refractivity contribution in [1.29, 1.82) is 0 Å². The zero-order chi connectivity index (χ0) is 13.7. The van der Waals surface area contributed by atoms with E-state index in [2.05, 4.69) is 0 Å². The second-order valence-electron chi connectivity index (χ2n) is 4.48. The van der Waals surface area contributed by atoms with Crippen LogP contribution in [0.4, 0.5) is 0 Å². The van der Waals surface area contributed by atoms with Crippen LogP contribution in [0, 0.1) is 0 Å². The third kappa shape index (κ3) is 3.32. The lowest BCUT2D eigenvalue weighted by molar-refractivity contribution is -0.129. The largest absolute Gasteiger partial charge is 0.493 e. The number of rotatable bonds is 5. The van der Waals surface area contributed by atoms with E-state index in [4.69, 9.17) is 21.1 Å². The normalized spacial score (nSPS) is 18.4. The molecule has 1 aliphatic heterocycles. The molecule has 1 amide bonds. The first-order chi connectivity index (χ1) is 9.26. The van der Waals surface area contributed by atoms with Crippen molar-refractivity contribution >= 4 is 17.5 Å². The highest BCUT2D eigenvalue weighted by Crippen LogP contribution is 2.27. The number of nitrogens with zero attached hydrogens (tertiary/aromatic N) is 1. The van der Waals surface area contributed by atoms with Crippen LogP contribution in [-0.2, 0) is 4.79 Å². The summed E-state index contributed by atoms with van der Waals surface area (Å²) in [7, 11) is 1.61. The zero-order valence-corrected chi connectivity index (χ0v) is 11.7. The van der Waals surface area contributed by atoms with Gasteiger partial charge in [0.2, 0.25) is 5.91 Å². The molecule has 104 valence electrons. The van der Waals surface area contributed by atoms with Crippen LogP contribution in [0.5, 0.6) is 11.5 Å². The van der Waals surface area contributed by atoms with Gasteiger partial charge in [-0.25, -0.2) is 0 Å². The molecule has 1 fully saturated rings. The third-order valence-corrected chi connectivity index (χ3v) is 3.54. The van der Waals surface area contributed by atoms with Gasteiger partial charge < -0.3 is 14.4 Å². The molecule has 0 N–H and O–H groups in total. The number of benzene rings is 1. The zero-order valence-electron chi connectivity index (χ0n) is 11.0. The molecule has 4 nitrogen and oxygen atoms in total. The summed E-state index contributed by atoms with van der Waals surface area (Å²) in [5.74, 6) is 1.42. The SMILES string of the molecule is COc1ccccc1OC[C@H]1CCCN1C(=O)CCl. The molecular weight excluding hydrogens is 266 g/mol. The van der Waals surface area contributed by atoms with E-state index in [0.29, 0.717) is 18.1 Å². The fourth-order valence-corrected chi connectivity index (χ4v) is 2.49. The van der Waals surface area contributed by atoms with Gasteiger partial charge in [0.25, 0.3) is 0 Å². The highest BCUT2D eigenvalue weighted by atomic mass is 35.5. The standard InChI is InChI=1S/C14H18ClNO3/c1-18-12-6-2-3-7-13(12)19-10-11-5-4-8-16(11)14(17)9-15/h2-3,6-7,11H,4-5,8-10H2,1H3/t11-/m1/s1. The maximum absolute atomic E-state index is 11.7. The van der Waals surface area contributed by atoms with Gasteiger partial charge in [-0.1, -0.05) is 12.1 Å². The molecule has 1 heterocycles. The van der Waals surface area contributed by atoms with Gasteiger partial charge in [0, 0.05) is 6.54 Å². The number of carbonyl (C=O) groups excluding carboxylic acids is 1. The Morgan fingerprint density at radius 2 is 2.16 bits per heavy atom.